The Labute approximate surface area is 149 Å². The fraction of sp³-hybridized carbons (Fsp3) is 0.579. The van der Waals surface area contributed by atoms with E-state index in [9.17, 15) is 10.1 Å². The van der Waals surface area contributed by atoms with Crippen LogP contribution in [0.2, 0.25) is 5.02 Å². The van der Waals surface area contributed by atoms with Gasteiger partial charge in [-0.3, -0.25) is 9.69 Å². The quantitative estimate of drug-likeness (QED) is 0.840. The van der Waals surface area contributed by atoms with Crippen molar-refractivity contribution in [2.24, 2.45) is 5.92 Å². The average molecular weight is 346 g/mol. The number of carbonyl (C=O) groups is 1. The first kappa shape index (κ1) is 17.3. The molecule has 1 aromatic rings. The predicted octanol–water partition coefficient (Wildman–Crippen LogP) is 3.63. The van der Waals surface area contributed by atoms with E-state index in [2.05, 4.69) is 11.0 Å². The van der Waals surface area contributed by atoms with Crippen LogP contribution in [0.3, 0.4) is 0 Å². The van der Waals surface area contributed by atoms with E-state index >= 15 is 0 Å². The third kappa shape index (κ3) is 3.91. The number of piperazine rings is 1. The van der Waals surface area contributed by atoms with Gasteiger partial charge >= 0.3 is 0 Å². The molecule has 1 aliphatic carbocycles. The van der Waals surface area contributed by atoms with Crippen LogP contribution in [0.5, 0.6) is 0 Å². The summed E-state index contributed by atoms with van der Waals surface area (Å²) in [5.41, 5.74) is 0.967. The van der Waals surface area contributed by atoms with E-state index in [-0.39, 0.29) is 12.0 Å². The molecule has 1 unspecified atom stereocenters. The summed E-state index contributed by atoms with van der Waals surface area (Å²) in [6, 6.07) is 9.60. The van der Waals surface area contributed by atoms with Crippen molar-refractivity contribution in [2.75, 3.05) is 26.2 Å². The van der Waals surface area contributed by atoms with Crippen molar-refractivity contribution in [3.63, 3.8) is 0 Å². The Morgan fingerprint density at radius 1 is 1.08 bits per heavy atom. The molecular weight excluding hydrogens is 322 g/mol. The first-order valence-electron chi connectivity index (χ1n) is 8.87. The van der Waals surface area contributed by atoms with Gasteiger partial charge in [0, 0.05) is 37.1 Å². The second-order valence-electron chi connectivity index (χ2n) is 6.78. The van der Waals surface area contributed by atoms with Crippen molar-refractivity contribution >= 4 is 17.5 Å². The minimum Gasteiger partial charge on any atom is -0.340 e. The highest BCUT2D eigenvalue weighted by molar-refractivity contribution is 6.30. The predicted molar refractivity (Wildman–Crippen MR) is 94.5 cm³/mol. The van der Waals surface area contributed by atoms with Crippen LogP contribution in [0.15, 0.2) is 24.3 Å². The molecule has 1 atom stereocenters. The summed E-state index contributed by atoms with van der Waals surface area (Å²) >= 11 is 5.93. The number of rotatable bonds is 3. The molecule has 0 spiro atoms. The molecule has 2 fully saturated rings. The van der Waals surface area contributed by atoms with Crippen LogP contribution < -0.4 is 0 Å². The molecule has 1 saturated heterocycles. The Bertz CT molecular complexity index is 596. The van der Waals surface area contributed by atoms with Crippen molar-refractivity contribution in [1.82, 2.24) is 9.80 Å². The van der Waals surface area contributed by atoms with Gasteiger partial charge in [0.15, 0.2) is 0 Å². The molecule has 0 bridgehead atoms. The van der Waals surface area contributed by atoms with Crippen LogP contribution in [0, 0.1) is 17.2 Å². The number of benzene rings is 1. The molecule has 128 valence electrons. The lowest BCUT2D eigenvalue weighted by Crippen LogP contribution is -2.51. The van der Waals surface area contributed by atoms with Gasteiger partial charge in [0.25, 0.3) is 0 Å². The molecule has 24 heavy (non-hydrogen) atoms. The summed E-state index contributed by atoms with van der Waals surface area (Å²) in [6.07, 6.45) is 5.73. The Morgan fingerprint density at radius 2 is 1.71 bits per heavy atom. The second-order valence-corrected chi connectivity index (χ2v) is 7.22. The van der Waals surface area contributed by atoms with Crippen LogP contribution >= 0.6 is 11.6 Å². The topological polar surface area (TPSA) is 47.3 Å². The van der Waals surface area contributed by atoms with Gasteiger partial charge in [-0.25, -0.2) is 0 Å². The number of halogens is 1. The van der Waals surface area contributed by atoms with Gasteiger partial charge < -0.3 is 4.90 Å². The van der Waals surface area contributed by atoms with Gasteiger partial charge in [0.05, 0.1) is 6.07 Å². The second kappa shape index (κ2) is 8.00. The minimum absolute atomic E-state index is 0.230. The van der Waals surface area contributed by atoms with E-state index in [0.29, 0.717) is 10.9 Å². The first-order chi connectivity index (χ1) is 11.7. The molecule has 1 amide bonds. The van der Waals surface area contributed by atoms with Gasteiger partial charge in [-0.2, -0.15) is 5.26 Å². The Kier molecular flexibility index (Phi) is 5.76. The average Bonchev–Trinajstić information content (AvgIpc) is 2.64. The number of carbonyl (C=O) groups excluding carboxylic acids is 1. The van der Waals surface area contributed by atoms with Crippen molar-refractivity contribution < 1.29 is 4.79 Å². The highest BCUT2D eigenvalue weighted by atomic mass is 35.5. The van der Waals surface area contributed by atoms with Gasteiger partial charge in [0.1, 0.15) is 6.04 Å². The summed E-state index contributed by atoms with van der Waals surface area (Å²) in [4.78, 5) is 16.8. The molecule has 1 aliphatic heterocycles. The van der Waals surface area contributed by atoms with Crippen LogP contribution in [0.25, 0.3) is 0 Å². The molecule has 0 radical (unpaired) electrons. The largest absolute Gasteiger partial charge is 0.340 e. The maximum absolute atomic E-state index is 12.6. The Balaban J connectivity index is 1.58. The van der Waals surface area contributed by atoms with E-state index < -0.39 is 0 Å². The summed E-state index contributed by atoms with van der Waals surface area (Å²) in [5, 5.41) is 10.3. The highest BCUT2D eigenvalue weighted by Crippen LogP contribution is 2.27. The molecule has 1 aromatic carbocycles. The summed E-state index contributed by atoms with van der Waals surface area (Å²) < 4.78 is 0. The van der Waals surface area contributed by atoms with Crippen molar-refractivity contribution in [2.45, 2.75) is 38.1 Å². The molecule has 3 rings (SSSR count). The molecule has 2 aliphatic rings. The molecule has 1 saturated carbocycles. The zero-order valence-electron chi connectivity index (χ0n) is 14.0. The molecular formula is C19H24ClN3O. The maximum atomic E-state index is 12.6. The van der Waals surface area contributed by atoms with Gasteiger partial charge in [-0.05, 0) is 30.5 Å². The van der Waals surface area contributed by atoms with Crippen molar-refractivity contribution in [3.8, 4) is 6.07 Å². The van der Waals surface area contributed by atoms with E-state index in [1.54, 1.807) is 0 Å². The number of nitrogens with zero attached hydrogens (tertiary/aromatic N) is 3. The van der Waals surface area contributed by atoms with Gasteiger partial charge in [0.2, 0.25) is 5.91 Å². The molecule has 1 heterocycles. The van der Waals surface area contributed by atoms with Gasteiger partial charge in [-0.1, -0.05) is 43.0 Å². The fourth-order valence-electron chi connectivity index (χ4n) is 3.82. The number of hydrogen-bond acceptors (Lipinski definition) is 3. The van der Waals surface area contributed by atoms with Crippen LogP contribution in [0.4, 0.5) is 0 Å². The lowest BCUT2D eigenvalue weighted by atomic mass is 9.88. The third-order valence-electron chi connectivity index (χ3n) is 5.25. The third-order valence-corrected chi connectivity index (χ3v) is 5.51. The lowest BCUT2D eigenvalue weighted by molar-refractivity contribution is -0.138. The zero-order chi connectivity index (χ0) is 16.9. The Morgan fingerprint density at radius 3 is 2.29 bits per heavy atom. The highest BCUT2D eigenvalue weighted by Gasteiger charge is 2.30. The molecule has 0 N–H and O–H groups in total. The summed E-state index contributed by atoms with van der Waals surface area (Å²) in [7, 11) is 0. The van der Waals surface area contributed by atoms with E-state index in [1.165, 1.54) is 19.3 Å². The first-order valence-corrected chi connectivity index (χ1v) is 9.25. The van der Waals surface area contributed by atoms with Crippen LogP contribution in [0.1, 0.15) is 43.7 Å². The normalized spacial score (nSPS) is 21.2. The number of nitriles is 1. The van der Waals surface area contributed by atoms with Crippen molar-refractivity contribution in [1.29, 1.82) is 5.26 Å². The van der Waals surface area contributed by atoms with Gasteiger partial charge in [-0.15, -0.1) is 0 Å². The molecule has 4 nitrogen and oxygen atoms in total. The summed E-state index contributed by atoms with van der Waals surface area (Å²) in [6.45, 7) is 2.95. The lowest BCUT2D eigenvalue weighted by Gasteiger charge is -2.38. The molecule has 5 heteroatoms. The SMILES string of the molecule is N#CC(c1ccc(Cl)cc1)N1CCN(C(=O)C2CCCCC2)CC1. The number of hydrogen-bond donors (Lipinski definition) is 0. The molecule has 0 aromatic heterocycles. The fourth-order valence-corrected chi connectivity index (χ4v) is 3.95. The van der Waals surface area contributed by atoms with Crippen molar-refractivity contribution in [3.05, 3.63) is 34.9 Å². The zero-order valence-corrected chi connectivity index (χ0v) is 14.7. The smallest absolute Gasteiger partial charge is 0.225 e. The standard InChI is InChI=1S/C19H24ClN3O/c20-17-8-6-15(7-9-17)18(14-21)22-10-12-23(13-11-22)19(24)16-4-2-1-3-5-16/h6-9,16,18H,1-5,10-13H2. The monoisotopic (exact) mass is 345 g/mol. The number of amides is 1. The van der Waals surface area contributed by atoms with Crippen LogP contribution in [-0.4, -0.2) is 41.9 Å². The summed E-state index contributed by atoms with van der Waals surface area (Å²) in [5.74, 6) is 0.558. The Hall–Kier alpha value is -1.57. The van der Waals surface area contributed by atoms with E-state index in [0.717, 1.165) is 44.6 Å². The van der Waals surface area contributed by atoms with Crippen LogP contribution in [-0.2, 0) is 4.79 Å². The minimum atomic E-state index is -0.269. The maximum Gasteiger partial charge on any atom is 0.225 e. The van der Waals surface area contributed by atoms with E-state index in [4.69, 9.17) is 11.6 Å². The van der Waals surface area contributed by atoms with E-state index in [1.807, 2.05) is 29.2 Å².